The third kappa shape index (κ3) is 11.7. The Hall–Kier alpha value is -3.34. The van der Waals surface area contributed by atoms with Crippen LogP contribution in [0.15, 0.2) is 49.6 Å². The zero-order valence-electron chi connectivity index (χ0n) is 17.9. The van der Waals surface area contributed by atoms with Crippen molar-refractivity contribution in [1.29, 1.82) is 0 Å². The van der Waals surface area contributed by atoms with E-state index in [2.05, 4.69) is 23.8 Å². The van der Waals surface area contributed by atoms with Gasteiger partial charge in [0.2, 0.25) is 5.91 Å². The zero-order valence-corrected chi connectivity index (χ0v) is 17.9. The second-order valence-electron chi connectivity index (χ2n) is 6.91. The summed E-state index contributed by atoms with van der Waals surface area (Å²) < 4.78 is 48.0. The van der Waals surface area contributed by atoms with Gasteiger partial charge in [-0.3, -0.25) is 14.9 Å². The SMILES string of the molecule is C=CCOC(=O)CCC(NC(=O)[C@H](Cc1ccc(O)cc1)NCC(F)(F)F)C(=O)OCC=C. The van der Waals surface area contributed by atoms with E-state index in [4.69, 9.17) is 9.47 Å². The maximum atomic E-state index is 12.8. The van der Waals surface area contributed by atoms with Crippen molar-refractivity contribution < 1.29 is 42.1 Å². The van der Waals surface area contributed by atoms with Crippen LogP contribution in [0.3, 0.4) is 0 Å². The molecule has 8 nitrogen and oxygen atoms in total. The van der Waals surface area contributed by atoms with Crippen molar-refractivity contribution in [2.24, 2.45) is 0 Å². The van der Waals surface area contributed by atoms with Crippen LogP contribution in [0.1, 0.15) is 18.4 Å². The first-order chi connectivity index (χ1) is 15.6. The van der Waals surface area contributed by atoms with E-state index in [0.717, 1.165) is 0 Å². The lowest BCUT2D eigenvalue weighted by Gasteiger charge is -2.23. The molecule has 3 N–H and O–H groups in total. The van der Waals surface area contributed by atoms with Gasteiger partial charge in [-0.05, 0) is 30.5 Å². The highest BCUT2D eigenvalue weighted by molar-refractivity contribution is 5.88. The maximum Gasteiger partial charge on any atom is 0.401 e. The molecule has 0 aromatic heterocycles. The first kappa shape index (κ1) is 27.7. The monoisotopic (exact) mass is 472 g/mol. The topological polar surface area (TPSA) is 114 Å². The molecule has 33 heavy (non-hydrogen) atoms. The number of benzene rings is 1. The van der Waals surface area contributed by atoms with Crippen molar-refractivity contribution in [3.63, 3.8) is 0 Å². The summed E-state index contributed by atoms with van der Waals surface area (Å²) in [6.07, 6.45) is -2.52. The summed E-state index contributed by atoms with van der Waals surface area (Å²) in [6, 6.07) is 2.91. The molecule has 0 bridgehead atoms. The molecule has 0 radical (unpaired) electrons. The van der Waals surface area contributed by atoms with E-state index in [1.165, 1.54) is 36.4 Å². The Morgan fingerprint density at radius 3 is 2.21 bits per heavy atom. The Kier molecular flexibility index (Phi) is 11.7. The lowest BCUT2D eigenvalue weighted by molar-refractivity contribution is -0.149. The number of ether oxygens (including phenoxy) is 2. The van der Waals surface area contributed by atoms with Gasteiger partial charge >= 0.3 is 18.1 Å². The molecule has 1 rings (SSSR count). The molecule has 1 aromatic carbocycles. The van der Waals surface area contributed by atoms with Crippen LogP contribution in [-0.2, 0) is 30.3 Å². The third-order valence-corrected chi connectivity index (χ3v) is 4.19. The smallest absolute Gasteiger partial charge is 0.401 e. The fraction of sp³-hybridized carbons (Fsp3) is 0.409. The average Bonchev–Trinajstić information content (AvgIpc) is 2.76. The van der Waals surface area contributed by atoms with E-state index >= 15 is 0 Å². The summed E-state index contributed by atoms with van der Waals surface area (Å²) in [6.45, 7) is 5.18. The Morgan fingerprint density at radius 2 is 1.64 bits per heavy atom. The van der Waals surface area contributed by atoms with Gasteiger partial charge in [0.05, 0.1) is 12.6 Å². The molecule has 182 valence electrons. The Morgan fingerprint density at radius 1 is 1.03 bits per heavy atom. The summed E-state index contributed by atoms with van der Waals surface area (Å²) in [5.74, 6) is -2.47. The van der Waals surface area contributed by atoms with Crippen LogP contribution in [0.25, 0.3) is 0 Å². The van der Waals surface area contributed by atoms with Crippen LogP contribution in [0.5, 0.6) is 5.75 Å². The summed E-state index contributed by atoms with van der Waals surface area (Å²) in [5.41, 5.74) is 0.474. The number of hydrogen-bond acceptors (Lipinski definition) is 7. The minimum Gasteiger partial charge on any atom is -0.508 e. The van der Waals surface area contributed by atoms with Gasteiger partial charge in [0, 0.05) is 6.42 Å². The van der Waals surface area contributed by atoms with Gasteiger partial charge in [-0.25, -0.2) is 4.79 Å². The molecule has 1 amide bonds. The number of phenolic OH excluding ortho intramolecular Hbond substituents is 1. The number of nitrogens with one attached hydrogen (secondary N) is 2. The van der Waals surface area contributed by atoms with E-state index in [1.807, 2.05) is 0 Å². The predicted octanol–water partition coefficient (Wildman–Crippen LogP) is 2.18. The molecule has 0 fully saturated rings. The minimum atomic E-state index is -4.58. The van der Waals surface area contributed by atoms with E-state index in [-0.39, 0.29) is 38.2 Å². The number of carbonyl (C=O) groups is 3. The van der Waals surface area contributed by atoms with E-state index in [0.29, 0.717) is 5.56 Å². The highest BCUT2D eigenvalue weighted by Gasteiger charge is 2.32. The molecule has 0 spiro atoms. The van der Waals surface area contributed by atoms with Crippen molar-refractivity contribution >= 4 is 17.8 Å². The van der Waals surface area contributed by atoms with Crippen LogP contribution in [0.4, 0.5) is 13.2 Å². The third-order valence-electron chi connectivity index (χ3n) is 4.19. The van der Waals surface area contributed by atoms with E-state index in [1.54, 1.807) is 0 Å². The van der Waals surface area contributed by atoms with Crippen molar-refractivity contribution in [2.45, 2.75) is 37.5 Å². The van der Waals surface area contributed by atoms with Crippen molar-refractivity contribution in [3.8, 4) is 5.75 Å². The number of phenols is 1. The predicted molar refractivity (Wildman–Crippen MR) is 113 cm³/mol. The second kappa shape index (κ2) is 13.9. The van der Waals surface area contributed by atoms with Gasteiger partial charge in [-0.2, -0.15) is 13.2 Å². The number of hydrogen-bond donors (Lipinski definition) is 3. The number of amides is 1. The molecule has 0 saturated carbocycles. The number of carbonyl (C=O) groups excluding carboxylic acids is 3. The highest BCUT2D eigenvalue weighted by atomic mass is 19.4. The van der Waals surface area contributed by atoms with Crippen LogP contribution in [-0.4, -0.2) is 61.0 Å². The molecule has 0 heterocycles. The van der Waals surface area contributed by atoms with Crippen LogP contribution < -0.4 is 10.6 Å². The van der Waals surface area contributed by atoms with Gasteiger partial charge in [-0.1, -0.05) is 37.4 Å². The average molecular weight is 472 g/mol. The molecular formula is C22H27F3N2O6. The molecular weight excluding hydrogens is 445 g/mol. The van der Waals surface area contributed by atoms with Gasteiger partial charge in [0.1, 0.15) is 25.0 Å². The first-order valence-electron chi connectivity index (χ1n) is 9.98. The summed E-state index contributed by atoms with van der Waals surface area (Å²) in [4.78, 5) is 36.8. The lowest BCUT2D eigenvalue weighted by Crippen LogP contribution is -2.53. The largest absolute Gasteiger partial charge is 0.508 e. The molecule has 0 saturated heterocycles. The van der Waals surface area contributed by atoms with Crippen molar-refractivity contribution in [3.05, 3.63) is 55.1 Å². The Balaban J connectivity index is 2.95. The fourth-order valence-electron chi connectivity index (χ4n) is 2.61. The van der Waals surface area contributed by atoms with E-state index in [9.17, 15) is 32.7 Å². The summed E-state index contributed by atoms with van der Waals surface area (Å²) in [5, 5.41) is 13.9. The number of alkyl halides is 3. The minimum absolute atomic E-state index is 0.0349. The van der Waals surface area contributed by atoms with Crippen molar-refractivity contribution in [2.75, 3.05) is 19.8 Å². The number of halogens is 3. The standard InChI is InChI=1S/C22H27F3N2O6/c1-3-11-32-19(29)10-9-17(21(31)33-12-4-2)27-20(30)18(26-14-22(23,24)25)13-15-5-7-16(28)8-6-15/h3-8,17-18,26,28H,1-2,9-14H2,(H,27,30)/t17?,18-/m0/s1. The maximum absolute atomic E-state index is 12.8. The number of aromatic hydroxyl groups is 1. The van der Waals surface area contributed by atoms with Gasteiger partial charge in [0.15, 0.2) is 0 Å². The normalized spacial score (nSPS) is 12.8. The quantitative estimate of drug-likeness (QED) is 0.281. The van der Waals surface area contributed by atoms with Crippen LogP contribution in [0.2, 0.25) is 0 Å². The van der Waals surface area contributed by atoms with Gasteiger partial charge < -0.3 is 19.9 Å². The molecule has 0 aliphatic rings. The van der Waals surface area contributed by atoms with E-state index < -0.39 is 42.7 Å². The first-order valence-corrected chi connectivity index (χ1v) is 9.98. The molecule has 0 aliphatic carbocycles. The van der Waals surface area contributed by atoms with Crippen LogP contribution in [0, 0.1) is 0 Å². The Bertz CT molecular complexity index is 811. The fourth-order valence-corrected chi connectivity index (χ4v) is 2.61. The highest BCUT2D eigenvalue weighted by Crippen LogP contribution is 2.15. The van der Waals surface area contributed by atoms with Gasteiger partial charge in [-0.15, -0.1) is 0 Å². The van der Waals surface area contributed by atoms with Crippen molar-refractivity contribution in [1.82, 2.24) is 10.6 Å². The number of rotatable bonds is 14. The molecule has 0 aliphatic heterocycles. The number of esters is 2. The summed E-state index contributed by atoms with van der Waals surface area (Å²) >= 11 is 0. The molecule has 11 heteroatoms. The lowest BCUT2D eigenvalue weighted by atomic mass is 10.0. The second-order valence-corrected chi connectivity index (χ2v) is 6.91. The summed E-state index contributed by atoms with van der Waals surface area (Å²) in [7, 11) is 0. The van der Waals surface area contributed by atoms with Gasteiger partial charge in [0.25, 0.3) is 0 Å². The zero-order chi connectivity index (χ0) is 24.9. The Labute approximate surface area is 189 Å². The molecule has 1 unspecified atom stereocenters. The molecule has 2 atom stereocenters. The van der Waals surface area contributed by atoms with Crippen LogP contribution >= 0.6 is 0 Å². The molecule has 1 aromatic rings.